The third-order valence-electron chi connectivity index (χ3n) is 1.60. The van der Waals surface area contributed by atoms with Crippen LogP contribution in [0.1, 0.15) is 20.7 Å². The molecule has 0 fully saturated rings. The van der Waals surface area contributed by atoms with E-state index in [9.17, 15) is 9.59 Å². The van der Waals surface area contributed by atoms with Crippen LogP contribution in [0, 0.1) is 0 Å². The lowest BCUT2D eigenvalue weighted by Gasteiger charge is -2.06. The van der Waals surface area contributed by atoms with Gasteiger partial charge in [-0.15, -0.1) is 0 Å². The predicted molar refractivity (Wildman–Crippen MR) is 53.5 cm³/mol. The van der Waals surface area contributed by atoms with Crippen molar-refractivity contribution in [2.45, 2.75) is 0 Å². The fourth-order valence-corrected chi connectivity index (χ4v) is 1.53. The summed E-state index contributed by atoms with van der Waals surface area (Å²) < 4.78 is 0. The lowest BCUT2D eigenvalue weighted by atomic mass is 10.1. The zero-order chi connectivity index (χ0) is 10.9. The van der Waals surface area contributed by atoms with Crippen molar-refractivity contribution in [2.75, 3.05) is 0 Å². The highest BCUT2D eigenvalue weighted by Gasteiger charge is 2.19. The monoisotopic (exact) mass is 232 g/mol. The second-order valence-electron chi connectivity index (χ2n) is 2.51. The van der Waals surface area contributed by atoms with Gasteiger partial charge in [0.1, 0.15) is 0 Å². The van der Waals surface area contributed by atoms with Gasteiger partial charge in [-0.25, -0.2) is 0 Å². The molecule has 0 saturated carbocycles. The highest BCUT2D eigenvalue weighted by atomic mass is 35.5. The van der Waals surface area contributed by atoms with Gasteiger partial charge in [-0.3, -0.25) is 9.59 Å². The first-order chi connectivity index (χ1) is 6.45. The van der Waals surface area contributed by atoms with Crippen molar-refractivity contribution in [1.82, 2.24) is 0 Å². The van der Waals surface area contributed by atoms with Crippen molar-refractivity contribution < 1.29 is 9.59 Å². The van der Waals surface area contributed by atoms with Gasteiger partial charge in [0.2, 0.25) is 0 Å². The van der Waals surface area contributed by atoms with Crippen molar-refractivity contribution in [3.8, 4) is 0 Å². The fourth-order valence-electron chi connectivity index (χ4n) is 1.03. The van der Waals surface area contributed by atoms with Gasteiger partial charge < -0.3 is 11.5 Å². The zero-order valence-corrected chi connectivity index (χ0v) is 8.39. The number of carbonyl (C=O) groups is 2. The molecule has 0 aliphatic heterocycles. The van der Waals surface area contributed by atoms with E-state index in [-0.39, 0.29) is 21.2 Å². The molecule has 4 N–H and O–H groups in total. The molecule has 4 nitrogen and oxygen atoms in total. The fraction of sp³-hybridized carbons (Fsp3) is 0. The topological polar surface area (TPSA) is 86.2 Å². The van der Waals surface area contributed by atoms with Crippen LogP contribution in [0.15, 0.2) is 12.1 Å². The van der Waals surface area contributed by atoms with Crippen LogP contribution in [-0.4, -0.2) is 11.8 Å². The Hall–Kier alpha value is -1.26. The van der Waals surface area contributed by atoms with Gasteiger partial charge in [0.15, 0.2) is 0 Å². The second kappa shape index (κ2) is 3.86. The lowest BCUT2D eigenvalue weighted by molar-refractivity contribution is 0.0967. The van der Waals surface area contributed by atoms with Gasteiger partial charge in [0.25, 0.3) is 11.8 Å². The summed E-state index contributed by atoms with van der Waals surface area (Å²) >= 11 is 11.3. The van der Waals surface area contributed by atoms with Crippen LogP contribution in [0.4, 0.5) is 0 Å². The quantitative estimate of drug-likeness (QED) is 0.803. The summed E-state index contributed by atoms with van der Waals surface area (Å²) in [6, 6.07) is 2.74. The Kier molecular flexibility index (Phi) is 2.98. The Morgan fingerprint density at radius 2 is 1.21 bits per heavy atom. The minimum Gasteiger partial charge on any atom is -0.366 e. The maximum Gasteiger partial charge on any atom is 0.251 e. The van der Waals surface area contributed by atoms with E-state index in [2.05, 4.69) is 0 Å². The van der Waals surface area contributed by atoms with Crippen molar-refractivity contribution in [3.63, 3.8) is 0 Å². The minimum atomic E-state index is -0.841. The van der Waals surface area contributed by atoms with Crippen molar-refractivity contribution >= 4 is 35.0 Å². The van der Waals surface area contributed by atoms with E-state index in [1.54, 1.807) is 0 Å². The number of amides is 2. The second-order valence-corrected chi connectivity index (χ2v) is 3.32. The van der Waals surface area contributed by atoms with Crippen molar-refractivity contribution in [2.24, 2.45) is 11.5 Å². The average Bonchev–Trinajstić information content (AvgIpc) is 2.07. The Balaban J connectivity index is 3.58. The average molecular weight is 233 g/mol. The summed E-state index contributed by atoms with van der Waals surface area (Å²) in [7, 11) is 0. The maximum atomic E-state index is 11.0. The number of nitrogens with two attached hydrogens (primary N) is 2. The number of rotatable bonds is 2. The van der Waals surface area contributed by atoms with E-state index in [0.29, 0.717) is 0 Å². The van der Waals surface area contributed by atoms with Gasteiger partial charge in [-0.1, -0.05) is 23.2 Å². The largest absolute Gasteiger partial charge is 0.366 e. The Labute approximate surface area is 89.8 Å². The third-order valence-corrected chi connectivity index (χ3v) is 2.23. The molecule has 0 unspecified atom stereocenters. The van der Waals surface area contributed by atoms with Crippen LogP contribution in [0.25, 0.3) is 0 Å². The molecule has 0 aliphatic rings. The van der Waals surface area contributed by atoms with Crippen LogP contribution in [0.3, 0.4) is 0 Å². The summed E-state index contributed by atoms with van der Waals surface area (Å²) in [5.41, 5.74) is 9.77. The molecule has 1 aromatic rings. The summed E-state index contributed by atoms with van der Waals surface area (Å²) in [6.07, 6.45) is 0. The highest BCUT2D eigenvalue weighted by Crippen LogP contribution is 2.26. The SMILES string of the molecule is NC(=O)c1c(Cl)ccc(Cl)c1C(N)=O. The molecule has 0 aliphatic carbocycles. The summed E-state index contributed by atoms with van der Waals surface area (Å²) in [4.78, 5) is 21.9. The lowest BCUT2D eigenvalue weighted by Crippen LogP contribution is -2.21. The van der Waals surface area contributed by atoms with Crippen molar-refractivity contribution in [1.29, 1.82) is 0 Å². The van der Waals surface area contributed by atoms with Crippen LogP contribution in [0.5, 0.6) is 0 Å². The first kappa shape index (κ1) is 10.8. The number of benzene rings is 1. The summed E-state index contributed by atoms with van der Waals surface area (Å²) in [5, 5.41) is 0.103. The normalized spacial score (nSPS) is 9.86. The third kappa shape index (κ3) is 1.81. The Morgan fingerprint density at radius 1 is 0.929 bits per heavy atom. The molecule has 74 valence electrons. The smallest absolute Gasteiger partial charge is 0.251 e. The molecule has 0 spiro atoms. The number of primary amides is 2. The molecule has 14 heavy (non-hydrogen) atoms. The van der Waals surface area contributed by atoms with Gasteiger partial charge in [-0.05, 0) is 12.1 Å². The molecule has 6 heteroatoms. The Morgan fingerprint density at radius 3 is 1.43 bits per heavy atom. The molecule has 1 aromatic carbocycles. The number of hydrogen-bond donors (Lipinski definition) is 2. The first-order valence-electron chi connectivity index (χ1n) is 3.52. The van der Waals surface area contributed by atoms with Gasteiger partial charge in [0, 0.05) is 0 Å². The number of halogens is 2. The first-order valence-corrected chi connectivity index (χ1v) is 4.28. The van der Waals surface area contributed by atoms with Crippen LogP contribution < -0.4 is 11.5 Å². The van der Waals surface area contributed by atoms with Crippen LogP contribution in [0.2, 0.25) is 10.0 Å². The standard InChI is InChI=1S/C8H6Cl2N2O2/c9-3-1-2-4(10)6(8(12)14)5(3)7(11)13/h1-2H,(H2,11,13)(H2,12,14). The highest BCUT2D eigenvalue weighted by molar-refractivity contribution is 6.38. The molecule has 2 amide bonds. The van der Waals surface area contributed by atoms with Gasteiger partial charge in [0.05, 0.1) is 21.2 Å². The van der Waals surface area contributed by atoms with Crippen molar-refractivity contribution in [3.05, 3.63) is 33.3 Å². The molecule has 0 heterocycles. The zero-order valence-electron chi connectivity index (χ0n) is 6.88. The van der Waals surface area contributed by atoms with E-state index in [1.165, 1.54) is 12.1 Å². The van der Waals surface area contributed by atoms with E-state index in [4.69, 9.17) is 34.7 Å². The minimum absolute atomic E-state index is 0.0516. The molecule has 0 atom stereocenters. The van der Waals surface area contributed by atoms with Crippen LogP contribution in [-0.2, 0) is 0 Å². The molecular weight excluding hydrogens is 227 g/mol. The molecule has 0 aromatic heterocycles. The summed E-state index contributed by atoms with van der Waals surface area (Å²) in [6.45, 7) is 0. The summed E-state index contributed by atoms with van der Waals surface area (Å²) in [5.74, 6) is -1.68. The molecule has 0 saturated heterocycles. The van der Waals surface area contributed by atoms with E-state index < -0.39 is 11.8 Å². The Bertz CT molecular complexity index is 379. The number of carbonyl (C=O) groups excluding carboxylic acids is 2. The molecule has 0 radical (unpaired) electrons. The van der Waals surface area contributed by atoms with Gasteiger partial charge >= 0.3 is 0 Å². The van der Waals surface area contributed by atoms with E-state index >= 15 is 0 Å². The van der Waals surface area contributed by atoms with Crippen LogP contribution >= 0.6 is 23.2 Å². The molecule has 0 bridgehead atoms. The molecule has 1 rings (SSSR count). The number of hydrogen-bond acceptors (Lipinski definition) is 2. The van der Waals surface area contributed by atoms with Gasteiger partial charge in [-0.2, -0.15) is 0 Å². The predicted octanol–water partition coefficient (Wildman–Crippen LogP) is 1.19. The van der Waals surface area contributed by atoms with E-state index in [0.717, 1.165) is 0 Å². The van der Waals surface area contributed by atoms with E-state index in [1.807, 2.05) is 0 Å². The molecular formula is C8H6Cl2N2O2. The maximum absolute atomic E-state index is 11.0.